The minimum Gasteiger partial charge on any atom is -0.468 e. The highest BCUT2D eigenvalue weighted by Crippen LogP contribution is 2.51. The Hall–Kier alpha value is -3.79. The van der Waals surface area contributed by atoms with E-state index in [1.165, 1.54) is 31.4 Å². The third-order valence-corrected chi connectivity index (χ3v) is 5.95. The van der Waals surface area contributed by atoms with Gasteiger partial charge in [-0.05, 0) is 25.0 Å². The van der Waals surface area contributed by atoms with E-state index in [-0.39, 0.29) is 25.3 Å². The van der Waals surface area contributed by atoms with Crippen LogP contribution in [0.4, 0.5) is 5.69 Å². The van der Waals surface area contributed by atoms with Crippen LogP contribution in [0.1, 0.15) is 37.4 Å². The van der Waals surface area contributed by atoms with Crippen molar-refractivity contribution < 1.29 is 33.5 Å². The topological polar surface area (TPSA) is 134 Å². The molecule has 0 aliphatic carbocycles. The van der Waals surface area contributed by atoms with Crippen LogP contribution in [0.3, 0.4) is 0 Å². The Morgan fingerprint density at radius 2 is 1.53 bits per heavy atom. The Balaban J connectivity index is 2.29. The fraction of sp³-hybridized carbons (Fsp3) is 0.375. The van der Waals surface area contributed by atoms with Crippen molar-refractivity contribution in [1.29, 1.82) is 0 Å². The number of methoxy groups -OCH3 is 1. The van der Waals surface area contributed by atoms with Crippen LogP contribution in [-0.4, -0.2) is 48.7 Å². The van der Waals surface area contributed by atoms with Gasteiger partial charge in [0.15, 0.2) is 0 Å². The molecule has 0 saturated carbocycles. The maximum absolute atomic E-state index is 13.5. The lowest BCUT2D eigenvalue weighted by molar-refractivity contribution is -0.384. The molecule has 1 N–H and O–H groups in total. The largest absolute Gasteiger partial charge is 0.468 e. The highest BCUT2D eigenvalue weighted by atomic mass is 16.6. The average molecular weight is 470 g/mol. The smallest absolute Gasteiger partial charge is 0.338 e. The summed E-state index contributed by atoms with van der Waals surface area (Å²) in [4.78, 5) is 50.5. The van der Waals surface area contributed by atoms with Gasteiger partial charge in [-0.15, -0.1) is 0 Å². The third kappa shape index (κ3) is 4.12. The van der Waals surface area contributed by atoms with E-state index in [0.717, 1.165) is 0 Å². The maximum atomic E-state index is 13.5. The zero-order chi connectivity index (χ0) is 24.9. The normalized spacial score (nSPS) is 20.9. The molecule has 34 heavy (non-hydrogen) atoms. The number of esters is 3. The summed E-state index contributed by atoms with van der Waals surface area (Å²) in [6.45, 7) is 3.20. The van der Waals surface area contributed by atoms with Crippen molar-refractivity contribution in [2.75, 3.05) is 20.3 Å². The molecule has 2 aromatic carbocycles. The molecule has 10 heteroatoms. The minimum atomic E-state index is -2.01. The van der Waals surface area contributed by atoms with Crippen LogP contribution in [0.5, 0.6) is 0 Å². The first-order valence-corrected chi connectivity index (χ1v) is 10.8. The second-order valence-corrected chi connectivity index (χ2v) is 7.78. The van der Waals surface area contributed by atoms with Gasteiger partial charge < -0.3 is 14.2 Å². The lowest BCUT2D eigenvalue weighted by Gasteiger charge is -2.33. The van der Waals surface area contributed by atoms with Crippen LogP contribution in [0.25, 0.3) is 0 Å². The molecule has 0 aromatic heterocycles. The summed E-state index contributed by atoms with van der Waals surface area (Å²) in [6.07, 6.45) is -0.337. The SMILES string of the molecule is CCOC(=O)C1(C(=O)OCC)C[C@](C(=O)OC)(c2ccccc2)[C@@H](c2ccc([N+](=O)[O-])cc2)N1. The highest BCUT2D eigenvalue weighted by molar-refractivity contribution is 6.07. The van der Waals surface area contributed by atoms with Crippen molar-refractivity contribution in [3.63, 3.8) is 0 Å². The first kappa shape index (κ1) is 24.8. The Morgan fingerprint density at radius 3 is 2.00 bits per heavy atom. The van der Waals surface area contributed by atoms with E-state index in [4.69, 9.17) is 14.2 Å². The Morgan fingerprint density at radius 1 is 0.971 bits per heavy atom. The van der Waals surface area contributed by atoms with Gasteiger partial charge in [0.2, 0.25) is 5.54 Å². The fourth-order valence-electron chi connectivity index (χ4n) is 4.45. The van der Waals surface area contributed by atoms with Gasteiger partial charge in [-0.1, -0.05) is 42.5 Å². The number of benzene rings is 2. The summed E-state index contributed by atoms with van der Waals surface area (Å²) in [5.41, 5.74) is -2.77. The molecule has 180 valence electrons. The lowest BCUT2D eigenvalue weighted by atomic mass is 9.69. The molecule has 2 aromatic rings. The summed E-state index contributed by atoms with van der Waals surface area (Å²) in [7, 11) is 1.22. The number of non-ortho nitro benzene ring substituents is 1. The molecule has 0 bridgehead atoms. The molecule has 1 aliphatic rings. The Bertz CT molecular complexity index is 1050. The molecule has 0 spiro atoms. The number of rotatable bonds is 8. The van der Waals surface area contributed by atoms with Gasteiger partial charge in [-0.25, -0.2) is 9.59 Å². The molecule has 3 rings (SSSR count). The summed E-state index contributed by atoms with van der Waals surface area (Å²) in [5.74, 6) is -2.46. The van der Waals surface area contributed by atoms with Gasteiger partial charge in [0.25, 0.3) is 5.69 Å². The second-order valence-electron chi connectivity index (χ2n) is 7.78. The van der Waals surface area contributed by atoms with Crippen molar-refractivity contribution in [3.05, 3.63) is 75.8 Å². The molecule has 1 heterocycles. The quantitative estimate of drug-likeness (QED) is 0.203. The van der Waals surface area contributed by atoms with Gasteiger partial charge in [0, 0.05) is 18.6 Å². The average Bonchev–Trinajstić information content (AvgIpc) is 3.23. The first-order chi connectivity index (χ1) is 16.3. The summed E-state index contributed by atoms with van der Waals surface area (Å²) in [6, 6.07) is 13.2. The van der Waals surface area contributed by atoms with E-state index in [1.807, 2.05) is 0 Å². The number of carbonyl (C=O) groups excluding carboxylic acids is 3. The molecule has 0 amide bonds. The molecule has 2 atom stereocenters. The van der Waals surface area contributed by atoms with E-state index in [0.29, 0.717) is 11.1 Å². The van der Waals surface area contributed by atoms with Crippen LogP contribution in [0.2, 0.25) is 0 Å². The van der Waals surface area contributed by atoms with E-state index >= 15 is 0 Å². The number of hydrogen-bond acceptors (Lipinski definition) is 9. The number of carbonyl (C=O) groups is 3. The predicted octanol–water partition coefficient (Wildman–Crippen LogP) is 2.61. The third-order valence-electron chi connectivity index (χ3n) is 5.95. The van der Waals surface area contributed by atoms with Gasteiger partial charge in [-0.2, -0.15) is 0 Å². The van der Waals surface area contributed by atoms with E-state index in [9.17, 15) is 24.5 Å². The number of nitrogens with zero attached hydrogens (tertiary/aromatic N) is 1. The summed E-state index contributed by atoms with van der Waals surface area (Å²) in [5, 5.41) is 14.2. The number of nitro benzene ring substituents is 1. The monoisotopic (exact) mass is 470 g/mol. The summed E-state index contributed by atoms with van der Waals surface area (Å²) >= 11 is 0. The standard InChI is InChI=1S/C24H26N2O8/c1-4-33-21(28)24(22(29)34-5-2)15-23(20(27)32-3,17-9-7-6-8-10-17)19(25-24)16-11-13-18(14-12-16)26(30)31/h6-14,19,25H,4-5,15H2,1-3H3/t19-,23+/m1/s1. The van der Waals surface area contributed by atoms with Crippen LogP contribution < -0.4 is 5.32 Å². The van der Waals surface area contributed by atoms with Crippen molar-refractivity contribution in [1.82, 2.24) is 5.32 Å². The molecule has 0 radical (unpaired) electrons. The predicted molar refractivity (Wildman–Crippen MR) is 120 cm³/mol. The molecular weight excluding hydrogens is 444 g/mol. The van der Waals surface area contributed by atoms with Crippen molar-refractivity contribution in [3.8, 4) is 0 Å². The van der Waals surface area contributed by atoms with Gasteiger partial charge in [-0.3, -0.25) is 20.2 Å². The molecule has 10 nitrogen and oxygen atoms in total. The number of ether oxygens (including phenoxy) is 3. The van der Waals surface area contributed by atoms with Gasteiger partial charge >= 0.3 is 17.9 Å². The molecule has 1 saturated heterocycles. The van der Waals surface area contributed by atoms with Gasteiger partial charge in [0.05, 0.1) is 31.3 Å². The van der Waals surface area contributed by atoms with Gasteiger partial charge in [0.1, 0.15) is 5.41 Å². The van der Waals surface area contributed by atoms with Crippen molar-refractivity contribution in [2.24, 2.45) is 0 Å². The van der Waals surface area contributed by atoms with Crippen LogP contribution in [0, 0.1) is 10.1 Å². The number of nitrogens with one attached hydrogen (secondary N) is 1. The molecular formula is C24H26N2O8. The summed E-state index contributed by atoms with van der Waals surface area (Å²) < 4.78 is 15.6. The van der Waals surface area contributed by atoms with Crippen molar-refractivity contribution >= 4 is 23.6 Å². The zero-order valence-corrected chi connectivity index (χ0v) is 19.1. The molecule has 0 unspecified atom stereocenters. The Kier molecular flexibility index (Phi) is 7.31. The Labute approximate surface area is 196 Å². The van der Waals surface area contributed by atoms with Crippen LogP contribution in [0.15, 0.2) is 54.6 Å². The first-order valence-electron chi connectivity index (χ1n) is 10.8. The van der Waals surface area contributed by atoms with E-state index in [1.54, 1.807) is 44.2 Å². The second kappa shape index (κ2) is 10.0. The number of nitro groups is 1. The number of hydrogen-bond donors (Lipinski definition) is 1. The van der Waals surface area contributed by atoms with E-state index in [2.05, 4.69) is 5.32 Å². The molecule has 1 aliphatic heterocycles. The lowest BCUT2D eigenvalue weighted by Crippen LogP contribution is -2.56. The zero-order valence-electron chi connectivity index (χ0n) is 19.1. The fourth-order valence-corrected chi connectivity index (χ4v) is 4.45. The van der Waals surface area contributed by atoms with Crippen LogP contribution >= 0.6 is 0 Å². The maximum Gasteiger partial charge on any atom is 0.338 e. The van der Waals surface area contributed by atoms with Crippen LogP contribution in [-0.2, 0) is 34.0 Å². The van der Waals surface area contributed by atoms with E-state index < -0.39 is 39.8 Å². The van der Waals surface area contributed by atoms with Crippen molar-refractivity contribution in [2.45, 2.75) is 37.3 Å². The minimum absolute atomic E-state index is 0.000424. The highest BCUT2D eigenvalue weighted by Gasteiger charge is 2.67. The molecule has 1 fully saturated rings.